The molecule has 2 heterocycles. The highest BCUT2D eigenvalue weighted by Gasteiger charge is 2.04. The summed E-state index contributed by atoms with van der Waals surface area (Å²) in [5.41, 5.74) is 3.48. The molecule has 132 valence electrons. The number of nitrogens with one attached hydrogen (secondary N) is 2. The van der Waals surface area contributed by atoms with Gasteiger partial charge in [-0.15, -0.1) is 35.3 Å². The molecule has 0 spiro atoms. The summed E-state index contributed by atoms with van der Waals surface area (Å²) < 4.78 is 0. The molecule has 0 aliphatic heterocycles. The second-order valence-corrected chi connectivity index (χ2v) is 6.57. The average molecular weight is 466 g/mol. The van der Waals surface area contributed by atoms with Crippen molar-refractivity contribution in [3.8, 4) is 0 Å². The van der Waals surface area contributed by atoms with Crippen LogP contribution in [0.5, 0.6) is 0 Å². The number of benzene rings is 1. The number of guanidine groups is 1. The molecule has 6 heteroatoms. The zero-order valence-corrected chi connectivity index (χ0v) is 17.6. The van der Waals surface area contributed by atoms with Gasteiger partial charge in [0.05, 0.1) is 18.6 Å². The lowest BCUT2D eigenvalue weighted by Gasteiger charge is -2.11. The van der Waals surface area contributed by atoms with Crippen molar-refractivity contribution in [2.45, 2.75) is 26.9 Å². The number of aryl methyl sites for hydroxylation is 1. The van der Waals surface area contributed by atoms with Crippen molar-refractivity contribution in [3.63, 3.8) is 0 Å². The Morgan fingerprint density at radius 1 is 1.16 bits per heavy atom. The Labute approximate surface area is 169 Å². The summed E-state index contributed by atoms with van der Waals surface area (Å²) in [5, 5.41) is 9.99. The van der Waals surface area contributed by atoms with Crippen LogP contribution in [-0.4, -0.2) is 17.5 Å². The molecule has 0 saturated carbocycles. The van der Waals surface area contributed by atoms with Crippen molar-refractivity contribution in [3.05, 3.63) is 64.0 Å². The average Bonchev–Trinajstić information content (AvgIpc) is 3.02. The molecular formula is C19H23IN4S. The normalized spacial score (nSPS) is 11.2. The first-order valence-electron chi connectivity index (χ1n) is 8.15. The van der Waals surface area contributed by atoms with Crippen molar-refractivity contribution >= 4 is 52.2 Å². The minimum atomic E-state index is 0. The highest BCUT2D eigenvalue weighted by molar-refractivity contribution is 14.0. The van der Waals surface area contributed by atoms with Crippen molar-refractivity contribution < 1.29 is 0 Å². The minimum Gasteiger partial charge on any atom is -0.357 e. The SMILES string of the molecule is CCNC(=NCc1cccc2cccnc12)NCc1sccc1C.I. The molecule has 0 amide bonds. The first kappa shape index (κ1) is 19.7. The molecular weight excluding hydrogens is 443 g/mol. The number of nitrogens with zero attached hydrogens (tertiary/aromatic N) is 2. The Morgan fingerprint density at radius 2 is 2.00 bits per heavy atom. The van der Waals surface area contributed by atoms with Crippen LogP contribution in [0.3, 0.4) is 0 Å². The van der Waals surface area contributed by atoms with Crippen LogP contribution >= 0.6 is 35.3 Å². The van der Waals surface area contributed by atoms with Crippen molar-refractivity contribution in [1.82, 2.24) is 15.6 Å². The molecule has 0 bridgehead atoms. The molecule has 0 fully saturated rings. The fraction of sp³-hybridized carbons (Fsp3) is 0.263. The van der Waals surface area contributed by atoms with E-state index in [1.165, 1.54) is 10.4 Å². The quantitative estimate of drug-likeness (QED) is 0.331. The topological polar surface area (TPSA) is 49.3 Å². The number of aromatic nitrogens is 1. The second-order valence-electron chi connectivity index (χ2n) is 5.57. The molecule has 25 heavy (non-hydrogen) atoms. The standard InChI is InChI=1S/C19H22N4S.HI/c1-3-20-19(23-13-17-14(2)9-11-24-17)22-12-16-7-4-6-15-8-5-10-21-18(15)16;/h4-11H,3,12-13H2,1-2H3,(H2,20,22,23);1H. The molecule has 0 saturated heterocycles. The summed E-state index contributed by atoms with van der Waals surface area (Å²) in [6, 6.07) is 12.4. The molecule has 3 aromatic rings. The van der Waals surface area contributed by atoms with Crippen molar-refractivity contribution in [2.75, 3.05) is 6.54 Å². The van der Waals surface area contributed by atoms with Gasteiger partial charge in [0.25, 0.3) is 0 Å². The zero-order chi connectivity index (χ0) is 16.8. The summed E-state index contributed by atoms with van der Waals surface area (Å²) in [4.78, 5) is 10.6. The zero-order valence-electron chi connectivity index (χ0n) is 14.5. The van der Waals surface area contributed by atoms with Gasteiger partial charge in [-0.25, -0.2) is 4.99 Å². The molecule has 0 aliphatic rings. The van der Waals surface area contributed by atoms with E-state index in [1.807, 2.05) is 12.3 Å². The van der Waals surface area contributed by atoms with Gasteiger partial charge in [0.1, 0.15) is 0 Å². The van der Waals surface area contributed by atoms with Gasteiger partial charge in [-0.1, -0.05) is 24.3 Å². The molecule has 1 aromatic carbocycles. The van der Waals surface area contributed by atoms with Crippen LogP contribution in [0.1, 0.15) is 22.9 Å². The molecule has 0 aliphatic carbocycles. The number of para-hydroxylation sites is 1. The molecule has 4 nitrogen and oxygen atoms in total. The largest absolute Gasteiger partial charge is 0.357 e. The van der Waals surface area contributed by atoms with E-state index >= 15 is 0 Å². The molecule has 2 aromatic heterocycles. The van der Waals surface area contributed by atoms with Crippen LogP contribution in [-0.2, 0) is 13.1 Å². The Morgan fingerprint density at radius 3 is 2.76 bits per heavy atom. The first-order chi connectivity index (χ1) is 11.8. The van der Waals surface area contributed by atoms with Gasteiger partial charge in [0.15, 0.2) is 5.96 Å². The molecule has 3 rings (SSSR count). The van der Waals surface area contributed by atoms with E-state index in [4.69, 9.17) is 4.99 Å². The van der Waals surface area contributed by atoms with E-state index < -0.39 is 0 Å². The lowest BCUT2D eigenvalue weighted by atomic mass is 10.1. The van der Waals surface area contributed by atoms with Crippen LogP contribution in [0.15, 0.2) is 53.0 Å². The molecule has 0 atom stereocenters. The highest BCUT2D eigenvalue weighted by atomic mass is 127. The molecule has 2 N–H and O–H groups in total. The second kappa shape index (κ2) is 9.72. The van der Waals surface area contributed by atoms with Crippen molar-refractivity contribution in [1.29, 1.82) is 0 Å². The summed E-state index contributed by atoms with van der Waals surface area (Å²) in [7, 11) is 0. The summed E-state index contributed by atoms with van der Waals surface area (Å²) in [5.74, 6) is 0.832. The van der Waals surface area contributed by atoms with Crippen LogP contribution < -0.4 is 10.6 Å². The Kier molecular flexibility index (Phi) is 7.64. The van der Waals surface area contributed by atoms with Crippen LogP contribution in [0.2, 0.25) is 0 Å². The van der Waals surface area contributed by atoms with E-state index in [-0.39, 0.29) is 24.0 Å². The fourth-order valence-electron chi connectivity index (χ4n) is 2.55. The van der Waals surface area contributed by atoms with E-state index in [9.17, 15) is 0 Å². The monoisotopic (exact) mass is 466 g/mol. The van der Waals surface area contributed by atoms with E-state index in [2.05, 4.69) is 65.2 Å². The van der Waals surface area contributed by atoms with Gasteiger partial charge < -0.3 is 10.6 Å². The van der Waals surface area contributed by atoms with Gasteiger partial charge in [-0.3, -0.25) is 4.98 Å². The van der Waals surface area contributed by atoms with Crippen molar-refractivity contribution in [2.24, 2.45) is 4.99 Å². The maximum Gasteiger partial charge on any atom is 0.191 e. The predicted molar refractivity (Wildman–Crippen MR) is 118 cm³/mol. The van der Waals surface area contributed by atoms with E-state index in [0.717, 1.165) is 35.5 Å². The number of hydrogen-bond acceptors (Lipinski definition) is 3. The van der Waals surface area contributed by atoms with E-state index in [1.54, 1.807) is 11.3 Å². The number of aliphatic imine (C=N–C) groups is 1. The maximum atomic E-state index is 4.72. The number of thiophene rings is 1. The van der Waals surface area contributed by atoms with E-state index in [0.29, 0.717) is 6.54 Å². The Balaban J connectivity index is 0.00000225. The van der Waals surface area contributed by atoms with Crippen LogP contribution in [0, 0.1) is 6.92 Å². The number of halogens is 1. The lowest BCUT2D eigenvalue weighted by Crippen LogP contribution is -2.36. The number of rotatable bonds is 5. The lowest BCUT2D eigenvalue weighted by molar-refractivity contribution is 0.821. The third-order valence-electron chi connectivity index (χ3n) is 3.85. The summed E-state index contributed by atoms with van der Waals surface area (Å²) >= 11 is 1.77. The first-order valence-corrected chi connectivity index (χ1v) is 9.03. The number of pyridine rings is 1. The molecule has 0 radical (unpaired) electrons. The van der Waals surface area contributed by atoms with Gasteiger partial charge in [-0.05, 0) is 42.5 Å². The summed E-state index contributed by atoms with van der Waals surface area (Å²) in [6.07, 6.45) is 1.83. The third kappa shape index (κ3) is 5.15. The number of fused-ring (bicyclic) bond motifs is 1. The van der Waals surface area contributed by atoms with Gasteiger partial charge in [-0.2, -0.15) is 0 Å². The van der Waals surface area contributed by atoms with Crippen LogP contribution in [0.25, 0.3) is 10.9 Å². The highest BCUT2D eigenvalue weighted by Crippen LogP contribution is 2.17. The molecule has 0 unspecified atom stereocenters. The van der Waals surface area contributed by atoms with Crippen LogP contribution in [0.4, 0.5) is 0 Å². The third-order valence-corrected chi connectivity index (χ3v) is 4.88. The Bertz CT molecular complexity index is 839. The smallest absolute Gasteiger partial charge is 0.191 e. The fourth-order valence-corrected chi connectivity index (χ4v) is 3.40. The minimum absolute atomic E-state index is 0. The Hall–Kier alpha value is -1.67. The van der Waals surface area contributed by atoms with Gasteiger partial charge in [0, 0.05) is 23.0 Å². The van der Waals surface area contributed by atoms with Gasteiger partial charge >= 0.3 is 0 Å². The summed E-state index contributed by atoms with van der Waals surface area (Å²) in [6.45, 7) is 6.45. The van der Waals surface area contributed by atoms with Gasteiger partial charge in [0.2, 0.25) is 0 Å². The number of hydrogen-bond donors (Lipinski definition) is 2. The maximum absolute atomic E-state index is 4.72. The predicted octanol–water partition coefficient (Wildman–Crippen LogP) is 4.48.